The van der Waals surface area contributed by atoms with E-state index < -0.39 is 0 Å². The highest BCUT2D eigenvalue weighted by Gasteiger charge is 2.26. The van der Waals surface area contributed by atoms with Crippen molar-refractivity contribution < 1.29 is 14.6 Å². The molecule has 0 heterocycles. The fourth-order valence-electron chi connectivity index (χ4n) is 3.09. The van der Waals surface area contributed by atoms with E-state index in [1.807, 2.05) is 30.0 Å². The number of benzene rings is 1. The molecule has 0 unspecified atom stereocenters. The summed E-state index contributed by atoms with van der Waals surface area (Å²) in [6, 6.07) is 6.19. The number of rotatable bonds is 6. The van der Waals surface area contributed by atoms with E-state index in [1.54, 1.807) is 7.11 Å². The average molecular weight is 291 g/mol. The van der Waals surface area contributed by atoms with Crippen LogP contribution in [0.4, 0.5) is 0 Å². The Bertz CT molecular complexity index is 481. The molecule has 1 fully saturated rings. The van der Waals surface area contributed by atoms with Gasteiger partial charge in [-0.25, -0.2) is 0 Å². The molecule has 0 radical (unpaired) electrons. The number of ether oxygens (including phenoxy) is 1. The van der Waals surface area contributed by atoms with E-state index in [0.29, 0.717) is 19.0 Å². The average Bonchev–Trinajstić information content (AvgIpc) is 3.00. The van der Waals surface area contributed by atoms with Gasteiger partial charge in [0.25, 0.3) is 0 Å². The number of hydrogen-bond acceptors (Lipinski definition) is 3. The number of carbonyl (C=O) groups excluding carboxylic acids is 1. The van der Waals surface area contributed by atoms with Gasteiger partial charge in [0.15, 0.2) is 0 Å². The van der Waals surface area contributed by atoms with Crippen molar-refractivity contribution in [1.29, 1.82) is 0 Å². The Balaban J connectivity index is 2.07. The lowest BCUT2D eigenvalue weighted by atomic mass is 10.1. The third-order valence-electron chi connectivity index (χ3n) is 4.25. The number of aryl methyl sites for hydroxylation is 1. The minimum absolute atomic E-state index is 0.0272. The molecule has 0 saturated heterocycles. The molecule has 1 aliphatic carbocycles. The first-order valence-electron chi connectivity index (χ1n) is 7.69. The number of aliphatic hydroxyl groups is 1. The van der Waals surface area contributed by atoms with Crippen molar-refractivity contribution in [3.8, 4) is 5.75 Å². The van der Waals surface area contributed by atoms with Crippen LogP contribution in [0, 0.1) is 6.92 Å². The Labute approximate surface area is 126 Å². The molecule has 1 aromatic carbocycles. The number of aliphatic hydroxyl groups excluding tert-OH is 1. The van der Waals surface area contributed by atoms with E-state index >= 15 is 0 Å². The highest BCUT2D eigenvalue weighted by molar-refractivity contribution is 5.79. The molecule has 0 spiro atoms. The highest BCUT2D eigenvalue weighted by atomic mass is 16.5. The van der Waals surface area contributed by atoms with Crippen molar-refractivity contribution >= 4 is 5.91 Å². The van der Waals surface area contributed by atoms with E-state index in [-0.39, 0.29) is 12.5 Å². The predicted molar refractivity (Wildman–Crippen MR) is 82.5 cm³/mol. The summed E-state index contributed by atoms with van der Waals surface area (Å²) >= 11 is 0. The maximum atomic E-state index is 12.5. The maximum Gasteiger partial charge on any atom is 0.227 e. The number of amides is 1. The van der Waals surface area contributed by atoms with Crippen LogP contribution in [0.15, 0.2) is 18.2 Å². The number of nitrogens with zero attached hydrogens (tertiary/aromatic N) is 1. The Morgan fingerprint density at radius 1 is 1.38 bits per heavy atom. The first-order valence-corrected chi connectivity index (χ1v) is 7.69. The van der Waals surface area contributed by atoms with Gasteiger partial charge in [0.1, 0.15) is 5.75 Å². The van der Waals surface area contributed by atoms with Crippen LogP contribution < -0.4 is 4.74 Å². The second-order valence-corrected chi connectivity index (χ2v) is 5.73. The van der Waals surface area contributed by atoms with Crippen molar-refractivity contribution in [2.45, 2.75) is 45.1 Å². The largest absolute Gasteiger partial charge is 0.496 e. The third kappa shape index (κ3) is 3.97. The van der Waals surface area contributed by atoms with Gasteiger partial charge in [0, 0.05) is 12.6 Å². The summed E-state index contributed by atoms with van der Waals surface area (Å²) < 4.78 is 5.31. The van der Waals surface area contributed by atoms with Crippen molar-refractivity contribution in [2.75, 3.05) is 20.3 Å². The Morgan fingerprint density at radius 2 is 2.10 bits per heavy atom. The van der Waals surface area contributed by atoms with E-state index in [1.165, 1.54) is 12.8 Å². The fourth-order valence-corrected chi connectivity index (χ4v) is 3.09. The van der Waals surface area contributed by atoms with Gasteiger partial charge in [-0.05, 0) is 37.0 Å². The molecule has 1 saturated carbocycles. The summed E-state index contributed by atoms with van der Waals surface area (Å²) in [5.41, 5.74) is 2.03. The highest BCUT2D eigenvalue weighted by Crippen LogP contribution is 2.25. The standard InChI is InChI=1S/C17H25NO3/c1-13-7-8-14(11-16(13)21-2)12-17(20)18(9-10-19)15-5-3-4-6-15/h7-8,11,15,19H,3-6,9-10,12H2,1-2H3. The van der Waals surface area contributed by atoms with Crippen LogP contribution in [-0.4, -0.2) is 42.2 Å². The zero-order chi connectivity index (χ0) is 15.2. The van der Waals surface area contributed by atoms with E-state index in [0.717, 1.165) is 29.7 Å². The van der Waals surface area contributed by atoms with Crippen molar-refractivity contribution in [3.05, 3.63) is 29.3 Å². The smallest absolute Gasteiger partial charge is 0.227 e. The third-order valence-corrected chi connectivity index (χ3v) is 4.25. The van der Waals surface area contributed by atoms with Crippen molar-refractivity contribution in [2.24, 2.45) is 0 Å². The second-order valence-electron chi connectivity index (χ2n) is 5.73. The molecule has 1 aromatic rings. The van der Waals surface area contributed by atoms with Gasteiger partial charge >= 0.3 is 0 Å². The number of carbonyl (C=O) groups is 1. The maximum absolute atomic E-state index is 12.5. The van der Waals surface area contributed by atoms with Crippen LogP contribution in [0.5, 0.6) is 5.75 Å². The molecular weight excluding hydrogens is 266 g/mol. The van der Waals surface area contributed by atoms with Crippen LogP contribution in [0.2, 0.25) is 0 Å². The fraction of sp³-hybridized carbons (Fsp3) is 0.588. The SMILES string of the molecule is COc1cc(CC(=O)N(CCO)C2CCCC2)ccc1C. The van der Waals surface area contributed by atoms with Crippen LogP contribution in [0.3, 0.4) is 0 Å². The molecule has 0 aromatic heterocycles. The van der Waals surface area contributed by atoms with Gasteiger partial charge in [0.2, 0.25) is 5.91 Å². The first-order chi connectivity index (χ1) is 10.2. The molecule has 0 atom stereocenters. The Hall–Kier alpha value is -1.55. The van der Waals surface area contributed by atoms with E-state index in [2.05, 4.69) is 0 Å². The van der Waals surface area contributed by atoms with E-state index in [4.69, 9.17) is 4.74 Å². The summed E-state index contributed by atoms with van der Waals surface area (Å²) in [4.78, 5) is 14.4. The van der Waals surface area contributed by atoms with Gasteiger partial charge in [-0.2, -0.15) is 0 Å². The summed E-state index contributed by atoms with van der Waals surface area (Å²) in [7, 11) is 1.64. The molecule has 116 valence electrons. The normalized spacial score (nSPS) is 15.2. The van der Waals surface area contributed by atoms with Gasteiger partial charge < -0.3 is 14.7 Å². The summed E-state index contributed by atoms with van der Waals surface area (Å²) in [5.74, 6) is 0.914. The lowest BCUT2D eigenvalue weighted by Crippen LogP contribution is -2.41. The topological polar surface area (TPSA) is 49.8 Å². The molecule has 0 aliphatic heterocycles. The summed E-state index contributed by atoms with van der Waals surface area (Å²) in [6.45, 7) is 2.45. The van der Waals surface area contributed by atoms with Crippen LogP contribution in [0.1, 0.15) is 36.8 Å². The minimum Gasteiger partial charge on any atom is -0.496 e. The molecule has 1 N–H and O–H groups in total. The molecular formula is C17H25NO3. The van der Waals surface area contributed by atoms with E-state index in [9.17, 15) is 9.90 Å². The molecule has 4 heteroatoms. The number of methoxy groups -OCH3 is 1. The first kappa shape index (κ1) is 15.8. The van der Waals surface area contributed by atoms with Crippen molar-refractivity contribution in [1.82, 2.24) is 4.90 Å². The second kappa shape index (κ2) is 7.46. The molecule has 21 heavy (non-hydrogen) atoms. The Kier molecular flexibility index (Phi) is 5.62. The molecule has 0 bridgehead atoms. The minimum atomic E-state index is 0.0272. The van der Waals surface area contributed by atoms with Crippen LogP contribution >= 0.6 is 0 Å². The number of hydrogen-bond donors (Lipinski definition) is 1. The summed E-state index contributed by atoms with van der Waals surface area (Å²) in [6.07, 6.45) is 4.84. The van der Waals surface area contributed by atoms with Gasteiger partial charge in [-0.1, -0.05) is 25.0 Å². The zero-order valence-electron chi connectivity index (χ0n) is 13.0. The molecule has 1 amide bonds. The molecule has 4 nitrogen and oxygen atoms in total. The monoisotopic (exact) mass is 291 g/mol. The quantitative estimate of drug-likeness (QED) is 0.875. The molecule has 1 aliphatic rings. The summed E-state index contributed by atoms with van der Waals surface area (Å²) in [5, 5.41) is 9.22. The lowest BCUT2D eigenvalue weighted by molar-refractivity contribution is -0.133. The van der Waals surface area contributed by atoms with Gasteiger partial charge in [0.05, 0.1) is 20.1 Å². The lowest BCUT2D eigenvalue weighted by Gasteiger charge is -2.28. The zero-order valence-corrected chi connectivity index (χ0v) is 13.0. The van der Waals surface area contributed by atoms with Gasteiger partial charge in [-0.3, -0.25) is 4.79 Å². The van der Waals surface area contributed by atoms with Crippen LogP contribution in [-0.2, 0) is 11.2 Å². The Morgan fingerprint density at radius 3 is 2.71 bits per heavy atom. The predicted octanol–water partition coefficient (Wildman–Crippen LogP) is 2.31. The van der Waals surface area contributed by atoms with Crippen LogP contribution in [0.25, 0.3) is 0 Å². The molecule has 2 rings (SSSR count). The van der Waals surface area contributed by atoms with Crippen molar-refractivity contribution in [3.63, 3.8) is 0 Å². The van der Waals surface area contributed by atoms with Gasteiger partial charge in [-0.15, -0.1) is 0 Å².